The number of Topliss-reactive ketones (excluding diaryl/α,β-unsaturated/α-hetero) is 1. The number of nitriles is 1. The lowest BCUT2D eigenvalue weighted by molar-refractivity contribution is 0.101. The van der Waals surface area contributed by atoms with Crippen molar-refractivity contribution in [3.05, 3.63) is 29.3 Å². The summed E-state index contributed by atoms with van der Waals surface area (Å²) in [6.07, 6.45) is 1.15. The number of nitrogens with one attached hydrogen (secondary N) is 1. The number of carbonyl (C=O) groups excluding carboxylic acids is 1. The first kappa shape index (κ1) is 14.2. The third kappa shape index (κ3) is 4.18. The Balaban J connectivity index is 2.92. The van der Waals surface area contributed by atoms with Crippen molar-refractivity contribution in [3.63, 3.8) is 0 Å². The second-order valence-corrected chi connectivity index (χ2v) is 6.24. The topological polar surface area (TPSA) is 87.0 Å². The van der Waals surface area contributed by atoms with Crippen molar-refractivity contribution in [1.29, 1.82) is 5.26 Å². The van der Waals surface area contributed by atoms with Crippen LogP contribution in [0.15, 0.2) is 18.2 Å². The van der Waals surface area contributed by atoms with Crippen LogP contribution in [0.4, 0.5) is 5.69 Å². The summed E-state index contributed by atoms with van der Waals surface area (Å²) in [7, 11) is -3.06. The van der Waals surface area contributed by atoms with Crippen LogP contribution in [-0.2, 0) is 9.84 Å². The molecule has 0 spiro atoms. The standard InChI is InChI=1S/C12H14N2O3S/c1-9(15)11-4-3-10(8-13)7-12(11)14-5-6-18(2,16)17/h3-4,7,14H,5-6H2,1-2H3. The highest BCUT2D eigenvalue weighted by atomic mass is 32.2. The minimum atomic E-state index is -3.06. The van der Waals surface area contributed by atoms with Gasteiger partial charge in [-0.3, -0.25) is 4.79 Å². The first-order valence-corrected chi connectivity index (χ1v) is 7.36. The molecule has 1 aromatic carbocycles. The van der Waals surface area contributed by atoms with Gasteiger partial charge in [-0.25, -0.2) is 8.42 Å². The number of sulfone groups is 1. The van der Waals surface area contributed by atoms with E-state index < -0.39 is 9.84 Å². The van der Waals surface area contributed by atoms with E-state index in [1.807, 2.05) is 6.07 Å². The molecule has 0 aliphatic carbocycles. The molecule has 5 nitrogen and oxygen atoms in total. The van der Waals surface area contributed by atoms with Crippen molar-refractivity contribution >= 4 is 21.3 Å². The van der Waals surface area contributed by atoms with E-state index in [1.165, 1.54) is 6.92 Å². The number of nitrogens with zero attached hydrogens (tertiary/aromatic N) is 1. The number of hydrogen-bond acceptors (Lipinski definition) is 5. The van der Waals surface area contributed by atoms with Gasteiger partial charge in [0.25, 0.3) is 0 Å². The molecular weight excluding hydrogens is 252 g/mol. The summed E-state index contributed by atoms with van der Waals surface area (Å²) in [6.45, 7) is 1.62. The molecule has 18 heavy (non-hydrogen) atoms. The van der Waals surface area contributed by atoms with E-state index in [-0.39, 0.29) is 18.1 Å². The summed E-state index contributed by atoms with van der Waals surface area (Å²) in [5, 5.41) is 11.7. The smallest absolute Gasteiger partial charge is 0.161 e. The van der Waals surface area contributed by atoms with E-state index in [2.05, 4.69) is 5.32 Å². The zero-order valence-electron chi connectivity index (χ0n) is 10.2. The molecule has 0 aliphatic heterocycles. The summed E-state index contributed by atoms with van der Waals surface area (Å²) in [6, 6.07) is 6.62. The van der Waals surface area contributed by atoms with E-state index in [1.54, 1.807) is 18.2 Å². The molecule has 6 heteroatoms. The van der Waals surface area contributed by atoms with E-state index >= 15 is 0 Å². The maximum atomic E-state index is 11.4. The highest BCUT2D eigenvalue weighted by Gasteiger charge is 2.09. The average molecular weight is 266 g/mol. The Bertz CT molecular complexity index is 600. The number of hydrogen-bond donors (Lipinski definition) is 1. The largest absolute Gasteiger partial charge is 0.383 e. The van der Waals surface area contributed by atoms with Gasteiger partial charge in [-0.15, -0.1) is 0 Å². The van der Waals surface area contributed by atoms with Crippen molar-refractivity contribution in [2.24, 2.45) is 0 Å². The van der Waals surface area contributed by atoms with Gasteiger partial charge >= 0.3 is 0 Å². The van der Waals surface area contributed by atoms with Crippen LogP contribution in [0.25, 0.3) is 0 Å². The summed E-state index contributed by atoms with van der Waals surface area (Å²) in [5.74, 6) is -0.164. The zero-order valence-corrected chi connectivity index (χ0v) is 11.0. The van der Waals surface area contributed by atoms with Gasteiger partial charge in [-0.1, -0.05) is 0 Å². The number of carbonyl (C=O) groups is 1. The minimum Gasteiger partial charge on any atom is -0.383 e. The van der Waals surface area contributed by atoms with E-state index in [0.717, 1.165) is 6.26 Å². The molecule has 0 aliphatic rings. The monoisotopic (exact) mass is 266 g/mol. The molecule has 1 aromatic rings. The predicted octanol–water partition coefficient (Wildman–Crippen LogP) is 1.22. The molecule has 1 rings (SSSR count). The van der Waals surface area contributed by atoms with Gasteiger partial charge in [0, 0.05) is 24.1 Å². The lowest BCUT2D eigenvalue weighted by Gasteiger charge is -2.10. The van der Waals surface area contributed by atoms with Gasteiger partial charge < -0.3 is 5.32 Å². The molecule has 0 heterocycles. The quantitative estimate of drug-likeness (QED) is 0.810. The number of rotatable bonds is 5. The van der Waals surface area contributed by atoms with Crippen LogP contribution in [-0.4, -0.2) is 32.8 Å². The summed E-state index contributed by atoms with van der Waals surface area (Å²) >= 11 is 0. The van der Waals surface area contributed by atoms with Crippen molar-refractivity contribution < 1.29 is 13.2 Å². The molecule has 0 aromatic heterocycles. The number of ketones is 1. The Morgan fingerprint density at radius 2 is 2.11 bits per heavy atom. The summed E-state index contributed by atoms with van der Waals surface area (Å²) in [5.41, 5.74) is 1.36. The molecule has 0 atom stereocenters. The Morgan fingerprint density at radius 1 is 1.44 bits per heavy atom. The Kier molecular flexibility index (Phi) is 4.45. The molecule has 0 saturated heterocycles. The van der Waals surface area contributed by atoms with Gasteiger partial charge in [0.1, 0.15) is 9.84 Å². The average Bonchev–Trinajstić information content (AvgIpc) is 2.26. The molecule has 96 valence electrons. The molecule has 1 N–H and O–H groups in total. The van der Waals surface area contributed by atoms with Crippen LogP contribution in [0.3, 0.4) is 0 Å². The first-order chi connectivity index (χ1) is 8.33. The van der Waals surface area contributed by atoms with Crippen LogP contribution in [0.1, 0.15) is 22.8 Å². The van der Waals surface area contributed by atoms with Crippen LogP contribution in [0, 0.1) is 11.3 Å². The third-order valence-corrected chi connectivity index (χ3v) is 3.26. The molecule has 0 saturated carbocycles. The Hall–Kier alpha value is -1.87. The Labute approximate surface area is 106 Å². The van der Waals surface area contributed by atoms with Crippen LogP contribution >= 0.6 is 0 Å². The summed E-state index contributed by atoms with van der Waals surface area (Å²) < 4.78 is 22.0. The molecule has 0 fully saturated rings. The van der Waals surface area contributed by atoms with Crippen molar-refractivity contribution in [2.45, 2.75) is 6.92 Å². The van der Waals surface area contributed by atoms with Crippen LogP contribution < -0.4 is 5.32 Å². The fourth-order valence-electron chi connectivity index (χ4n) is 1.44. The maximum Gasteiger partial charge on any atom is 0.161 e. The van der Waals surface area contributed by atoms with E-state index in [9.17, 15) is 13.2 Å². The third-order valence-electron chi connectivity index (χ3n) is 2.32. The van der Waals surface area contributed by atoms with E-state index in [4.69, 9.17) is 5.26 Å². The summed E-state index contributed by atoms with van der Waals surface area (Å²) in [4.78, 5) is 11.4. The molecule has 0 radical (unpaired) electrons. The van der Waals surface area contributed by atoms with Crippen LogP contribution in [0.5, 0.6) is 0 Å². The van der Waals surface area contributed by atoms with Crippen LogP contribution in [0.2, 0.25) is 0 Å². The zero-order chi connectivity index (χ0) is 13.8. The second-order valence-electron chi connectivity index (χ2n) is 3.99. The van der Waals surface area contributed by atoms with Gasteiger partial charge in [0.15, 0.2) is 5.78 Å². The minimum absolute atomic E-state index is 0.0267. The number of benzene rings is 1. The van der Waals surface area contributed by atoms with Gasteiger partial charge in [0.2, 0.25) is 0 Å². The SMILES string of the molecule is CC(=O)c1ccc(C#N)cc1NCCS(C)(=O)=O. The fraction of sp³-hybridized carbons (Fsp3) is 0.333. The molecule has 0 amide bonds. The number of anilines is 1. The fourth-order valence-corrected chi connectivity index (χ4v) is 1.91. The van der Waals surface area contributed by atoms with E-state index in [0.29, 0.717) is 16.8 Å². The molecule has 0 bridgehead atoms. The molecule has 0 unspecified atom stereocenters. The lowest BCUT2D eigenvalue weighted by Crippen LogP contribution is -2.15. The predicted molar refractivity (Wildman–Crippen MR) is 69.4 cm³/mol. The van der Waals surface area contributed by atoms with Gasteiger partial charge in [-0.05, 0) is 25.1 Å². The van der Waals surface area contributed by atoms with Crippen molar-refractivity contribution in [1.82, 2.24) is 0 Å². The lowest BCUT2D eigenvalue weighted by atomic mass is 10.1. The van der Waals surface area contributed by atoms with Gasteiger partial charge in [0.05, 0.1) is 17.4 Å². The maximum absolute atomic E-state index is 11.4. The molecular formula is C12H14N2O3S. The Morgan fingerprint density at radius 3 is 2.61 bits per heavy atom. The second kappa shape index (κ2) is 5.65. The van der Waals surface area contributed by atoms with Crippen molar-refractivity contribution in [2.75, 3.05) is 23.9 Å². The highest BCUT2D eigenvalue weighted by molar-refractivity contribution is 7.90. The van der Waals surface area contributed by atoms with Gasteiger partial charge in [-0.2, -0.15) is 5.26 Å². The van der Waals surface area contributed by atoms with Crippen molar-refractivity contribution in [3.8, 4) is 6.07 Å². The first-order valence-electron chi connectivity index (χ1n) is 5.30. The normalized spacial score (nSPS) is 10.7. The highest BCUT2D eigenvalue weighted by Crippen LogP contribution is 2.18.